The Labute approximate surface area is 211 Å². The van der Waals surface area contributed by atoms with Crippen molar-refractivity contribution in [3.63, 3.8) is 0 Å². The predicted molar refractivity (Wildman–Crippen MR) is 140 cm³/mol. The highest BCUT2D eigenvalue weighted by atomic mass is 33.1. The van der Waals surface area contributed by atoms with Gasteiger partial charge in [-0.2, -0.15) is 0 Å². The van der Waals surface area contributed by atoms with E-state index >= 15 is 0 Å². The molecule has 1 amide bonds. The van der Waals surface area contributed by atoms with Crippen LogP contribution in [0.15, 0.2) is 60.0 Å². The van der Waals surface area contributed by atoms with Crippen LogP contribution in [-0.4, -0.2) is 52.3 Å². The number of carbonyl (C=O) groups excluding carboxylic acids is 2. The summed E-state index contributed by atoms with van der Waals surface area (Å²) in [7, 11) is 4.47. The number of esters is 1. The first kappa shape index (κ1) is 24.9. The van der Waals surface area contributed by atoms with E-state index in [1.165, 1.54) is 27.9 Å². The first-order valence-electron chi connectivity index (χ1n) is 11.1. The molecule has 0 unspecified atom stereocenters. The minimum Gasteiger partial charge on any atom is -0.497 e. The lowest BCUT2D eigenvalue weighted by Gasteiger charge is -2.20. The molecule has 0 radical (unpaired) electrons. The van der Waals surface area contributed by atoms with E-state index in [-0.39, 0.29) is 12.5 Å². The lowest BCUT2D eigenvalue weighted by atomic mass is 9.96. The monoisotopic (exact) mass is 510 g/mol. The number of hydrogen-bond acceptors (Lipinski definition) is 8. The van der Waals surface area contributed by atoms with Crippen LogP contribution in [0.25, 0.3) is 21.8 Å². The molecule has 0 aliphatic carbocycles. The normalized spacial score (nSPS) is 12.9. The molecule has 0 saturated carbocycles. The smallest absolute Gasteiger partial charge is 0.329 e. The fraction of sp³-hybridized carbons (Fsp3) is 0.280. The Morgan fingerprint density at radius 1 is 1.11 bits per heavy atom. The van der Waals surface area contributed by atoms with Gasteiger partial charge < -0.3 is 19.8 Å². The number of amides is 1. The van der Waals surface area contributed by atoms with Gasteiger partial charge in [-0.05, 0) is 59.2 Å². The molecule has 10 heteroatoms. The van der Waals surface area contributed by atoms with Gasteiger partial charge in [-0.3, -0.25) is 4.79 Å². The summed E-state index contributed by atoms with van der Waals surface area (Å²) in [5, 5.41) is 5.68. The van der Waals surface area contributed by atoms with Crippen molar-refractivity contribution in [3.8, 4) is 5.75 Å². The fourth-order valence-electron chi connectivity index (χ4n) is 3.57. The Hall–Kier alpha value is -3.24. The molecule has 4 rings (SSSR count). The van der Waals surface area contributed by atoms with Gasteiger partial charge in [0.15, 0.2) is 0 Å². The van der Waals surface area contributed by atoms with Gasteiger partial charge in [0.2, 0.25) is 5.91 Å². The van der Waals surface area contributed by atoms with E-state index in [1.54, 1.807) is 20.2 Å². The van der Waals surface area contributed by atoms with Crippen molar-refractivity contribution in [2.45, 2.75) is 30.8 Å². The van der Waals surface area contributed by atoms with Crippen LogP contribution in [0.3, 0.4) is 0 Å². The number of aromatic nitrogens is 3. The van der Waals surface area contributed by atoms with Crippen molar-refractivity contribution < 1.29 is 19.1 Å². The number of benzene rings is 2. The van der Waals surface area contributed by atoms with Crippen LogP contribution in [0.1, 0.15) is 25.3 Å². The number of ether oxygens (including phenoxy) is 2. The third-order valence-electron chi connectivity index (χ3n) is 5.54. The Kier molecular flexibility index (Phi) is 8.14. The van der Waals surface area contributed by atoms with Gasteiger partial charge in [-0.15, -0.1) is 0 Å². The van der Waals surface area contributed by atoms with Crippen LogP contribution in [0.5, 0.6) is 5.75 Å². The first-order chi connectivity index (χ1) is 17.0. The minimum atomic E-state index is -0.784. The first-order valence-corrected chi connectivity index (χ1v) is 13.4. The highest BCUT2D eigenvalue weighted by Gasteiger charge is 2.26. The quantitative estimate of drug-likeness (QED) is 0.179. The second-order valence-corrected chi connectivity index (χ2v) is 10.1. The average Bonchev–Trinajstić information content (AvgIpc) is 3.37. The van der Waals surface area contributed by atoms with Crippen molar-refractivity contribution in [2.75, 3.05) is 19.5 Å². The largest absolute Gasteiger partial charge is 0.497 e. The van der Waals surface area contributed by atoms with Gasteiger partial charge in [0, 0.05) is 11.9 Å². The van der Waals surface area contributed by atoms with Crippen LogP contribution in [0.2, 0.25) is 0 Å². The number of aromatic amines is 1. The molecular weight excluding hydrogens is 484 g/mol. The maximum Gasteiger partial charge on any atom is 0.329 e. The SMILES string of the molecule is CCOC(=O)[C@H](CSSc1ncnc2cc[nH]c12)NC(=O)[C@@H](C)c1ccc2cc(OC)ccc2c1. The Bertz CT molecular complexity index is 1340. The molecule has 8 nitrogen and oxygen atoms in total. The molecule has 182 valence electrons. The van der Waals surface area contributed by atoms with Crippen molar-refractivity contribution >= 4 is 55.3 Å². The zero-order valence-corrected chi connectivity index (χ0v) is 21.2. The fourth-order valence-corrected chi connectivity index (χ4v) is 5.77. The van der Waals surface area contributed by atoms with Gasteiger partial charge in [0.05, 0.1) is 30.7 Å². The number of fused-ring (bicyclic) bond motifs is 2. The standard InChI is InChI=1S/C25H26N4O4S2/c1-4-33-25(31)21(13-34-35-24-22-20(9-10-26-22)27-14-28-24)29-23(30)15(2)16-5-6-18-12-19(32-3)8-7-17(18)11-16/h5-12,14-15,21,26H,4,13H2,1-3H3,(H,29,30)/t15-,21-/m0/s1. The summed E-state index contributed by atoms with van der Waals surface area (Å²) < 4.78 is 10.5. The highest BCUT2D eigenvalue weighted by Crippen LogP contribution is 2.33. The minimum absolute atomic E-state index is 0.238. The maximum absolute atomic E-state index is 13.1. The summed E-state index contributed by atoms with van der Waals surface area (Å²) in [6.45, 7) is 3.81. The summed E-state index contributed by atoms with van der Waals surface area (Å²) in [6.07, 6.45) is 3.31. The number of methoxy groups -OCH3 is 1. The zero-order chi connectivity index (χ0) is 24.8. The molecule has 2 heterocycles. The molecule has 0 aliphatic rings. The van der Waals surface area contributed by atoms with Gasteiger partial charge >= 0.3 is 5.97 Å². The van der Waals surface area contributed by atoms with Crippen LogP contribution in [-0.2, 0) is 14.3 Å². The third kappa shape index (κ3) is 5.88. The number of hydrogen-bond donors (Lipinski definition) is 2. The molecule has 0 saturated heterocycles. The molecular formula is C25H26N4O4S2. The average molecular weight is 511 g/mol. The molecule has 0 bridgehead atoms. The van der Waals surface area contributed by atoms with Crippen LogP contribution < -0.4 is 10.1 Å². The van der Waals surface area contributed by atoms with E-state index in [0.717, 1.165) is 38.1 Å². The molecule has 2 N–H and O–H groups in total. The number of rotatable bonds is 10. The summed E-state index contributed by atoms with van der Waals surface area (Å²) in [6, 6.07) is 12.8. The number of H-pyrrole nitrogens is 1. The third-order valence-corrected chi connectivity index (χ3v) is 7.83. The van der Waals surface area contributed by atoms with Crippen molar-refractivity contribution in [3.05, 3.63) is 60.6 Å². The molecule has 0 spiro atoms. The number of nitrogens with zero attached hydrogens (tertiary/aromatic N) is 2. The van der Waals surface area contributed by atoms with E-state index in [1.807, 2.05) is 49.4 Å². The van der Waals surface area contributed by atoms with Gasteiger partial charge in [-0.25, -0.2) is 14.8 Å². The van der Waals surface area contributed by atoms with Crippen molar-refractivity contribution in [1.29, 1.82) is 0 Å². The molecule has 0 fully saturated rings. The topological polar surface area (TPSA) is 106 Å². The van der Waals surface area contributed by atoms with Crippen molar-refractivity contribution in [1.82, 2.24) is 20.3 Å². The van der Waals surface area contributed by atoms with Crippen LogP contribution >= 0.6 is 21.6 Å². The predicted octanol–water partition coefficient (Wildman–Crippen LogP) is 4.71. The number of nitrogens with one attached hydrogen (secondary N) is 2. The second kappa shape index (κ2) is 11.5. The highest BCUT2D eigenvalue weighted by molar-refractivity contribution is 8.76. The van der Waals surface area contributed by atoms with Crippen LogP contribution in [0.4, 0.5) is 0 Å². The Morgan fingerprint density at radius 3 is 2.71 bits per heavy atom. The molecule has 0 aliphatic heterocycles. The van der Waals surface area contributed by atoms with Crippen molar-refractivity contribution in [2.24, 2.45) is 0 Å². The summed E-state index contributed by atoms with van der Waals surface area (Å²) in [5.41, 5.74) is 2.52. The summed E-state index contributed by atoms with van der Waals surface area (Å²) in [5.74, 6) is -0.0417. The van der Waals surface area contributed by atoms with E-state index in [9.17, 15) is 9.59 Å². The summed E-state index contributed by atoms with van der Waals surface area (Å²) >= 11 is 0. The van der Waals surface area contributed by atoms with E-state index in [4.69, 9.17) is 9.47 Å². The van der Waals surface area contributed by atoms with Crippen LogP contribution in [0, 0.1) is 0 Å². The molecule has 4 aromatic rings. The zero-order valence-electron chi connectivity index (χ0n) is 19.6. The van der Waals surface area contributed by atoms with E-state index in [2.05, 4.69) is 20.3 Å². The van der Waals surface area contributed by atoms with Gasteiger partial charge in [0.1, 0.15) is 23.1 Å². The Morgan fingerprint density at radius 2 is 1.91 bits per heavy atom. The maximum atomic E-state index is 13.1. The summed E-state index contributed by atoms with van der Waals surface area (Å²) in [4.78, 5) is 37.3. The van der Waals surface area contributed by atoms with E-state index < -0.39 is 17.9 Å². The number of carbonyl (C=O) groups is 2. The molecule has 2 aromatic heterocycles. The van der Waals surface area contributed by atoms with Gasteiger partial charge in [0.25, 0.3) is 0 Å². The second-order valence-electron chi connectivity index (χ2n) is 7.79. The molecule has 2 aromatic carbocycles. The van der Waals surface area contributed by atoms with E-state index in [0.29, 0.717) is 5.75 Å². The molecule has 35 heavy (non-hydrogen) atoms. The lowest BCUT2D eigenvalue weighted by molar-refractivity contribution is -0.146. The Balaban J connectivity index is 1.43. The lowest BCUT2D eigenvalue weighted by Crippen LogP contribution is -2.45. The molecule has 2 atom stereocenters. The van der Waals surface area contributed by atoms with Gasteiger partial charge in [-0.1, -0.05) is 35.1 Å².